The Balaban J connectivity index is 2.99. The minimum atomic E-state index is -0.352. The van der Waals surface area contributed by atoms with Crippen LogP contribution >= 0.6 is 0 Å². The Labute approximate surface area is 85.7 Å². The molecule has 0 amide bonds. The van der Waals surface area contributed by atoms with E-state index in [1.807, 2.05) is 0 Å². The van der Waals surface area contributed by atoms with Crippen LogP contribution in [-0.2, 0) is 0 Å². The molecule has 1 aromatic heterocycles. The summed E-state index contributed by atoms with van der Waals surface area (Å²) < 4.78 is 10.3. The van der Waals surface area contributed by atoms with E-state index in [0.29, 0.717) is 11.3 Å². The summed E-state index contributed by atoms with van der Waals surface area (Å²) in [6, 6.07) is 4.68. The van der Waals surface area contributed by atoms with Gasteiger partial charge in [0.2, 0.25) is 11.2 Å². The number of methoxy groups -OCH3 is 1. The highest BCUT2D eigenvalue weighted by Crippen LogP contribution is 2.25. The molecule has 0 fully saturated rings. The molecule has 0 bridgehead atoms. The molecule has 15 heavy (non-hydrogen) atoms. The predicted octanol–water partition coefficient (Wildman–Crippen LogP) is 1.82. The van der Waals surface area contributed by atoms with Gasteiger partial charge in [-0.15, -0.1) is 0 Å². The minimum absolute atomic E-state index is 0.0976. The summed E-state index contributed by atoms with van der Waals surface area (Å²) in [7, 11) is 1.39. The standard InChI is InChI=1S/C11H10O4/c1-6-11(14-2)10(13)9-7(12)4-3-5-8(9)15-6/h3-5,12H,1-2H3. The largest absolute Gasteiger partial charge is 0.507 e. The highest BCUT2D eigenvalue weighted by atomic mass is 16.5. The van der Waals surface area contributed by atoms with Crippen LogP contribution in [0.2, 0.25) is 0 Å². The van der Waals surface area contributed by atoms with E-state index in [1.165, 1.54) is 13.2 Å². The van der Waals surface area contributed by atoms with Gasteiger partial charge in [-0.2, -0.15) is 0 Å². The Morgan fingerprint density at radius 2 is 2.13 bits per heavy atom. The van der Waals surface area contributed by atoms with Crippen LogP contribution in [-0.4, -0.2) is 12.2 Å². The molecule has 1 heterocycles. The number of benzene rings is 1. The van der Waals surface area contributed by atoms with Gasteiger partial charge < -0.3 is 14.3 Å². The van der Waals surface area contributed by atoms with Gasteiger partial charge in [0.1, 0.15) is 22.5 Å². The van der Waals surface area contributed by atoms with Gasteiger partial charge in [0.15, 0.2) is 0 Å². The number of phenolic OH excluding ortho intramolecular Hbond substituents is 1. The Morgan fingerprint density at radius 1 is 1.40 bits per heavy atom. The normalized spacial score (nSPS) is 10.5. The van der Waals surface area contributed by atoms with Gasteiger partial charge in [-0.3, -0.25) is 4.79 Å². The summed E-state index contributed by atoms with van der Waals surface area (Å²) in [5.41, 5.74) is 0.00708. The predicted molar refractivity (Wildman–Crippen MR) is 55.4 cm³/mol. The maximum Gasteiger partial charge on any atom is 0.238 e. The van der Waals surface area contributed by atoms with Crippen molar-refractivity contribution in [2.24, 2.45) is 0 Å². The highest BCUT2D eigenvalue weighted by Gasteiger charge is 2.13. The van der Waals surface area contributed by atoms with E-state index in [4.69, 9.17) is 9.15 Å². The summed E-state index contributed by atoms with van der Waals surface area (Å²) in [4.78, 5) is 11.9. The van der Waals surface area contributed by atoms with E-state index >= 15 is 0 Å². The molecule has 0 unspecified atom stereocenters. The lowest BCUT2D eigenvalue weighted by atomic mass is 10.2. The van der Waals surface area contributed by atoms with E-state index in [2.05, 4.69) is 0 Å². The van der Waals surface area contributed by atoms with Crippen molar-refractivity contribution in [3.8, 4) is 11.5 Å². The number of hydrogen-bond donors (Lipinski definition) is 1. The van der Waals surface area contributed by atoms with E-state index in [1.54, 1.807) is 19.1 Å². The van der Waals surface area contributed by atoms with E-state index < -0.39 is 0 Å². The number of aryl methyl sites for hydroxylation is 1. The van der Waals surface area contributed by atoms with Crippen LogP contribution in [0.15, 0.2) is 27.4 Å². The molecule has 0 aliphatic carbocycles. The molecular weight excluding hydrogens is 196 g/mol. The summed E-state index contributed by atoms with van der Waals surface area (Å²) in [5.74, 6) is 0.434. The minimum Gasteiger partial charge on any atom is -0.507 e. The Bertz CT molecular complexity index is 569. The van der Waals surface area contributed by atoms with Crippen LogP contribution in [0.3, 0.4) is 0 Å². The number of phenols is 1. The second-order valence-electron chi connectivity index (χ2n) is 3.17. The van der Waals surface area contributed by atoms with E-state index in [-0.39, 0.29) is 22.3 Å². The molecule has 1 aromatic carbocycles. The van der Waals surface area contributed by atoms with Gasteiger partial charge in [-0.05, 0) is 19.1 Å². The number of hydrogen-bond acceptors (Lipinski definition) is 4. The molecule has 78 valence electrons. The van der Waals surface area contributed by atoms with E-state index in [0.717, 1.165) is 0 Å². The second-order valence-corrected chi connectivity index (χ2v) is 3.17. The zero-order chi connectivity index (χ0) is 11.0. The fourth-order valence-electron chi connectivity index (χ4n) is 1.55. The fourth-order valence-corrected chi connectivity index (χ4v) is 1.55. The molecule has 4 heteroatoms. The number of rotatable bonds is 1. The lowest BCUT2D eigenvalue weighted by Gasteiger charge is -2.05. The summed E-state index contributed by atoms with van der Waals surface area (Å²) >= 11 is 0. The van der Waals surface area contributed by atoms with Crippen LogP contribution in [0, 0.1) is 6.92 Å². The first-order valence-corrected chi connectivity index (χ1v) is 4.44. The maximum absolute atomic E-state index is 11.9. The highest BCUT2D eigenvalue weighted by molar-refractivity contribution is 5.84. The molecule has 2 rings (SSSR count). The zero-order valence-electron chi connectivity index (χ0n) is 8.40. The monoisotopic (exact) mass is 206 g/mol. The molecule has 0 atom stereocenters. The maximum atomic E-state index is 11.9. The molecule has 0 radical (unpaired) electrons. The third kappa shape index (κ3) is 1.34. The van der Waals surface area contributed by atoms with Gasteiger partial charge in [0.25, 0.3) is 0 Å². The molecule has 0 aliphatic heterocycles. The smallest absolute Gasteiger partial charge is 0.238 e. The molecule has 4 nitrogen and oxygen atoms in total. The first kappa shape index (κ1) is 9.58. The Hall–Kier alpha value is -1.97. The summed E-state index contributed by atoms with van der Waals surface area (Å²) in [6.45, 7) is 1.64. The van der Waals surface area contributed by atoms with Gasteiger partial charge in [0.05, 0.1) is 7.11 Å². The molecule has 0 saturated heterocycles. The number of ether oxygens (including phenoxy) is 1. The first-order chi connectivity index (χ1) is 7.15. The molecular formula is C11H10O4. The molecule has 2 aromatic rings. The summed E-state index contributed by atoms with van der Waals surface area (Å²) in [5, 5.41) is 9.70. The lowest BCUT2D eigenvalue weighted by molar-refractivity contribution is 0.383. The van der Waals surface area contributed by atoms with Crippen molar-refractivity contribution < 1.29 is 14.3 Å². The van der Waals surface area contributed by atoms with Crippen molar-refractivity contribution in [2.75, 3.05) is 7.11 Å². The zero-order valence-corrected chi connectivity index (χ0v) is 8.40. The molecule has 0 spiro atoms. The van der Waals surface area contributed by atoms with Gasteiger partial charge in [-0.25, -0.2) is 0 Å². The van der Waals surface area contributed by atoms with Crippen LogP contribution in [0.25, 0.3) is 11.0 Å². The van der Waals surface area contributed by atoms with Crippen molar-refractivity contribution in [3.05, 3.63) is 34.2 Å². The first-order valence-electron chi connectivity index (χ1n) is 4.44. The van der Waals surface area contributed by atoms with E-state index in [9.17, 15) is 9.90 Å². The topological polar surface area (TPSA) is 59.7 Å². The second kappa shape index (κ2) is 3.31. The summed E-state index contributed by atoms with van der Waals surface area (Å²) in [6.07, 6.45) is 0. The van der Waals surface area contributed by atoms with Crippen LogP contribution in [0.5, 0.6) is 11.5 Å². The third-order valence-corrected chi connectivity index (χ3v) is 2.22. The van der Waals surface area contributed by atoms with Gasteiger partial charge in [0, 0.05) is 0 Å². The average Bonchev–Trinajstić information content (AvgIpc) is 2.17. The van der Waals surface area contributed by atoms with Crippen LogP contribution < -0.4 is 10.2 Å². The van der Waals surface area contributed by atoms with Crippen molar-refractivity contribution in [1.29, 1.82) is 0 Å². The van der Waals surface area contributed by atoms with Crippen molar-refractivity contribution >= 4 is 11.0 Å². The molecule has 1 N–H and O–H groups in total. The Kier molecular flexibility index (Phi) is 2.11. The average molecular weight is 206 g/mol. The fraction of sp³-hybridized carbons (Fsp3) is 0.182. The SMILES string of the molecule is COc1c(C)oc2cccc(O)c2c1=O. The molecule has 0 saturated carbocycles. The van der Waals surface area contributed by atoms with Crippen molar-refractivity contribution in [2.45, 2.75) is 6.92 Å². The van der Waals surface area contributed by atoms with Crippen LogP contribution in [0.1, 0.15) is 5.76 Å². The van der Waals surface area contributed by atoms with Crippen molar-refractivity contribution in [3.63, 3.8) is 0 Å². The molecule has 0 aliphatic rings. The Morgan fingerprint density at radius 3 is 2.80 bits per heavy atom. The van der Waals surface area contributed by atoms with Gasteiger partial charge in [-0.1, -0.05) is 6.07 Å². The lowest BCUT2D eigenvalue weighted by Crippen LogP contribution is -2.07. The van der Waals surface area contributed by atoms with Crippen molar-refractivity contribution in [1.82, 2.24) is 0 Å². The number of aromatic hydroxyl groups is 1. The number of fused-ring (bicyclic) bond motifs is 1. The quantitative estimate of drug-likeness (QED) is 0.773. The third-order valence-electron chi connectivity index (χ3n) is 2.22. The van der Waals surface area contributed by atoms with Gasteiger partial charge >= 0.3 is 0 Å². The van der Waals surface area contributed by atoms with Crippen LogP contribution in [0.4, 0.5) is 0 Å².